The Morgan fingerprint density at radius 3 is 2.35 bits per heavy atom. The first-order chi connectivity index (χ1) is 18.2. The molecule has 2 aromatic carbocycles. The van der Waals surface area contributed by atoms with Gasteiger partial charge >= 0.3 is 12.1 Å². The number of carbonyl (C=O) groups excluding carboxylic acids is 3. The molecule has 37 heavy (non-hydrogen) atoms. The van der Waals surface area contributed by atoms with Gasteiger partial charge in [0.25, 0.3) is 0 Å². The van der Waals surface area contributed by atoms with Gasteiger partial charge in [0.05, 0.1) is 12.6 Å². The van der Waals surface area contributed by atoms with Crippen LogP contribution in [0.4, 0.5) is 4.79 Å². The number of hydrogen-bond acceptors (Lipinski definition) is 9. The van der Waals surface area contributed by atoms with Crippen molar-refractivity contribution in [1.29, 1.82) is 0 Å². The lowest BCUT2D eigenvalue weighted by Crippen LogP contribution is -2.50. The summed E-state index contributed by atoms with van der Waals surface area (Å²) in [5.74, 6) is -3.21. The van der Waals surface area contributed by atoms with Crippen LogP contribution >= 0.6 is 15.9 Å². The van der Waals surface area contributed by atoms with E-state index in [1.165, 1.54) is 0 Å². The molecular weight excluding hydrogens is 548 g/mol. The lowest BCUT2D eigenvalue weighted by atomic mass is 9.95. The quantitative estimate of drug-likeness (QED) is 0.134. The molecular formula is C25H27BrN4O7. The maximum atomic E-state index is 13.3. The first-order valence-electron chi connectivity index (χ1n) is 11.8. The Balaban J connectivity index is 1.79. The highest BCUT2D eigenvalue weighted by molar-refractivity contribution is 9.11. The maximum Gasteiger partial charge on any atom is 0.409 e. The third-order valence-electron chi connectivity index (χ3n) is 5.30. The van der Waals surface area contributed by atoms with Gasteiger partial charge in [-0.15, -0.1) is 0 Å². The van der Waals surface area contributed by atoms with Gasteiger partial charge in [-0.3, -0.25) is 30.0 Å². The first-order valence-corrected chi connectivity index (χ1v) is 12.1. The minimum atomic E-state index is -1.55. The number of ether oxygens (including phenoxy) is 1. The number of carboxylic acid groups (broad SMARTS) is 1. The Hall–Kier alpha value is -3.58. The molecule has 3 rings (SSSR count). The monoisotopic (exact) mass is 575 g/mol. The number of nitrogens with two attached hydrogens (primary N) is 1. The molecule has 4 atom stereocenters. The molecule has 1 aliphatic heterocycles. The molecule has 1 amide bonds. The number of nitrogens with one attached hydrogen (secondary N) is 3. The van der Waals surface area contributed by atoms with Gasteiger partial charge in [-0.1, -0.05) is 60.7 Å². The van der Waals surface area contributed by atoms with Crippen LogP contribution in [0.1, 0.15) is 23.8 Å². The fraction of sp³-hybridized carbons (Fsp3) is 0.280. The van der Waals surface area contributed by atoms with Gasteiger partial charge in [-0.25, -0.2) is 4.79 Å². The lowest BCUT2D eigenvalue weighted by molar-refractivity contribution is -0.139. The molecule has 1 aliphatic rings. The maximum absolute atomic E-state index is 13.3. The highest BCUT2D eigenvalue weighted by Crippen LogP contribution is 2.17. The zero-order chi connectivity index (χ0) is 27.7. The van der Waals surface area contributed by atoms with Gasteiger partial charge in [0, 0.05) is 18.4 Å². The molecule has 196 valence electrons. The average molecular weight is 576 g/mol. The minimum Gasteiger partial charge on any atom is -0.480 e. The van der Waals surface area contributed by atoms with Crippen molar-refractivity contribution in [1.82, 2.24) is 16.1 Å². The third kappa shape index (κ3) is 8.79. The highest BCUT2D eigenvalue weighted by atomic mass is 79.9. The summed E-state index contributed by atoms with van der Waals surface area (Å²) >= 11 is 3.20. The SMILES string of the molecule is [2H]N(C(=O)OC(NCC(=O)O)c1ccccc1)[C@@H](Cc1ccccc1)C(=O)C(=O)[C@@H](N)CC1C=C(Br)NO1. The standard InChI is InChI=1S/C25H27BrN4O7/c26-20-13-17(37-30-20)12-18(27)22(33)23(34)19(11-15-7-3-1-4-8-15)29-25(35)36-24(28-14-21(31)32)16-9-5-2-6-10-16/h1-10,13,17-19,24,28,30H,11-12,14,27H2,(H,29,35)(H,31,32)/t17?,18-,19-,24?/m0/s1/i/hD. The smallest absolute Gasteiger partial charge is 0.409 e. The number of amides is 1. The number of rotatable bonds is 13. The van der Waals surface area contributed by atoms with Gasteiger partial charge in [-0.2, -0.15) is 0 Å². The van der Waals surface area contributed by atoms with Crippen LogP contribution in [0.5, 0.6) is 0 Å². The molecule has 0 bridgehead atoms. The number of Topliss-reactive ketones (excluding diaryl/α,β-unsaturated/α-hetero) is 2. The van der Waals surface area contributed by atoms with Crippen LogP contribution in [-0.4, -0.2) is 53.5 Å². The summed E-state index contributed by atoms with van der Waals surface area (Å²) in [6, 6.07) is 14.0. The number of carbonyl (C=O) groups is 4. The fourth-order valence-electron chi connectivity index (χ4n) is 3.51. The van der Waals surface area contributed by atoms with E-state index in [9.17, 15) is 19.2 Å². The number of halogens is 1. The van der Waals surface area contributed by atoms with E-state index in [1.54, 1.807) is 66.7 Å². The Kier molecular flexibility index (Phi) is 9.77. The van der Waals surface area contributed by atoms with Gasteiger partial charge < -0.3 is 20.9 Å². The summed E-state index contributed by atoms with van der Waals surface area (Å²) in [5.41, 5.74) is 9.57. The Labute approximate surface area is 222 Å². The molecule has 0 radical (unpaired) electrons. The zero-order valence-corrected chi connectivity index (χ0v) is 21.2. The van der Waals surface area contributed by atoms with Crippen molar-refractivity contribution in [2.75, 3.05) is 6.54 Å². The summed E-state index contributed by atoms with van der Waals surface area (Å²) < 4.78 is 14.3. The van der Waals surface area contributed by atoms with E-state index in [2.05, 4.69) is 26.7 Å². The van der Waals surface area contributed by atoms with Crippen LogP contribution in [-0.2, 0) is 30.4 Å². The predicted molar refractivity (Wildman–Crippen MR) is 136 cm³/mol. The molecule has 1 heterocycles. The average Bonchev–Trinajstić information content (AvgIpc) is 3.33. The molecule has 0 saturated carbocycles. The normalized spacial score (nSPS) is 17.4. The number of aliphatic carboxylic acids is 1. The summed E-state index contributed by atoms with van der Waals surface area (Å²) in [5, 5.41) is 11.9. The number of hydrogen-bond donors (Lipinski definition) is 5. The highest BCUT2D eigenvalue weighted by Gasteiger charge is 2.33. The van der Waals surface area contributed by atoms with Crippen LogP contribution in [0.15, 0.2) is 71.3 Å². The second-order valence-electron chi connectivity index (χ2n) is 8.13. The number of benzene rings is 2. The number of alkyl carbamates (subject to hydrolysis) is 1. The van der Waals surface area contributed by atoms with E-state index >= 15 is 0 Å². The van der Waals surface area contributed by atoms with Crippen LogP contribution in [0.3, 0.4) is 0 Å². The summed E-state index contributed by atoms with van der Waals surface area (Å²) in [4.78, 5) is 55.5. The van der Waals surface area contributed by atoms with Gasteiger partial charge in [0.1, 0.15) is 16.8 Å². The molecule has 11 nitrogen and oxygen atoms in total. The molecule has 0 saturated heterocycles. The van der Waals surface area contributed by atoms with Crippen molar-refractivity contribution in [3.05, 3.63) is 82.5 Å². The Morgan fingerprint density at radius 1 is 1.11 bits per heavy atom. The topological polar surface area (TPSA) is 169 Å². The van der Waals surface area contributed by atoms with E-state index < -0.39 is 54.6 Å². The molecule has 0 aromatic heterocycles. The molecule has 2 unspecified atom stereocenters. The van der Waals surface area contributed by atoms with Crippen LogP contribution in [0.2, 0.25) is 1.41 Å². The van der Waals surface area contributed by atoms with Crippen molar-refractivity contribution < 1.29 is 35.3 Å². The van der Waals surface area contributed by atoms with E-state index in [-0.39, 0.29) is 18.2 Å². The molecule has 0 fully saturated rings. The third-order valence-corrected chi connectivity index (χ3v) is 5.73. The van der Waals surface area contributed by atoms with Crippen molar-refractivity contribution in [2.24, 2.45) is 5.73 Å². The number of hydroxylamine groups is 1. The number of ketones is 2. The fourth-order valence-corrected chi connectivity index (χ4v) is 3.90. The van der Waals surface area contributed by atoms with Crippen LogP contribution < -0.4 is 21.8 Å². The second kappa shape index (κ2) is 13.7. The van der Waals surface area contributed by atoms with Gasteiger partial charge in [0.15, 0.2) is 7.64 Å². The van der Waals surface area contributed by atoms with Crippen molar-refractivity contribution in [2.45, 2.75) is 37.3 Å². The van der Waals surface area contributed by atoms with Crippen LogP contribution in [0, 0.1) is 0 Å². The molecule has 0 aliphatic carbocycles. The minimum absolute atomic E-state index is 0.0115. The Bertz CT molecular complexity index is 1170. The molecule has 2 aromatic rings. The number of carboxylic acids is 1. The first kappa shape index (κ1) is 26.5. The van der Waals surface area contributed by atoms with Crippen molar-refractivity contribution in [3.63, 3.8) is 0 Å². The van der Waals surface area contributed by atoms with E-state index in [1.807, 2.05) is 0 Å². The van der Waals surface area contributed by atoms with E-state index in [4.69, 9.17) is 21.8 Å². The van der Waals surface area contributed by atoms with Gasteiger partial charge in [0.2, 0.25) is 11.6 Å². The van der Waals surface area contributed by atoms with Gasteiger partial charge in [-0.05, 0) is 27.6 Å². The van der Waals surface area contributed by atoms with E-state index in [0.29, 0.717) is 15.7 Å². The predicted octanol–water partition coefficient (Wildman–Crippen LogP) is 1.69. The van der Waals surface area contributed by atoms with E-state index in [0.717, 1.165) is 0 Å². The largest absolute Gasteiger partial charge is 0.480 e. The molecule has 6 N–H and O–H groups in total. The second-order valence-corrected chi connectivity index (χ2v) is 8.98. The molecule has 0 spiro atoms. The zero-order valence-electron chi connectivity index (χ0n) is 20.6. The lowest BCUT2D eigenvalue weighted by Gasteiger charge is -2.23. The van der Waals surface area contributed by atoms with Crippen molar-refractivity contribution >= 4 is 39.6 Å². The van der Waals surface area contributed by atoms with Crippen LogP contribution in [0.25, 0.3) is 0 Å². The Morgan fingerprint density at radius 2 is 1.76 bits per heavy atom. The summed E-state index contributed by atoms with van der Waals surface area (Å²) in [7, 11) is 0. The van der Waals surface area contributed by atoms with Crippen molar-refractivity contribution in [3.8, 4) is 0 Å². The summed E-state index contributed by atoms with van der Waals surface area (Å²) in [6.07, 6.45) is -1.57. The summed E-state index contributed by atoms with van der Waals surface area (Å²) in [6.45, 7) is -0.535. The molecule has 12 heteroatoms.